The summed E-state index contributed by atoms with van der Waals surface area (Å²) in [6.07, 6.45) is 2.51. The van der Waals surface area contributed by atoms with Gasteiger partial charge in [0, 0.05) is 11.8 Å². The van der Waals surface area contributed by atoms with Crippen LogP contribution in [0.2, 0.25) is 0 Å². The van der Waals surface area contributed by atoms with Crippen LogP contribution in [0.4, 0.5) is 10.1 Å². The normalized spacial score (nSPS) is 12.0. The molecule has 19 heavy (non-hydrogen) atoms. The summed E-state index contributed by atoms with van der Waals surface area (Å²) in [5, 5.41) is 2.60. The molecule has 0 unspecified atom stereocenters. The van der Waals surface area contributed by atoms with Crippen molar-refractivity contribution in [2.75, 3.05) is 11.9 Å². The third-order valence-electron chi connectivity index (χ3n) is 2.70. The van der Waals surface area contributed by atoms with Crippen molar-refractivity contribution in [1.29, 1.82) is 0 Å². The van der Waals surface area contributed by atoms with Crippen LogP contribution in [0.3, 0.4) is 0 Å². The highest BCUT2D eigenvalue weighted by Crippen LogP contribution is 2.21. The van der Waals surface area contributed by atoms with Gasteiger partial charge in [-0.05, 0) is 25.5 Å². The van der Waals surface area contributed by atoms with E-state index in [1.54, 1.807) is 13.0 Å². The van der Waals surface area contributed by atoms with Gasteiger partial charge in [-0.3, -0.25) is 4.79 Å². The molecule has 0 fully saturated rings. The molecule has 0 bridgehead atoms. The number of halogens is 1. The number of carbonyl (C=O) groups is 1. The first-order chi connectivity index (χ1) is 9.08. The Labute approximate surface area is 113 Å². The molecule has 5 heteroatoms. The Morgan fingerprint density at radius 2 is 2.21 bits per heavy atom. The van der Waals surface area contributed by atoms with Gasteiger partial charge in [0.2, 0.25) is 5.91 Å². The maximum absolute atomic E-state index is 13.6. The molecule has 0 radical (unpaired) electrons. The van der Waals surface area contributed by atoms with E-state index < -0.39 is 11.9 Å². The van der Waals surface area contributed by atoms with Crippen LogP contribution in [0.15, 0.2) is 18.2 Å². The van der Waals surface area contributed by atoms with Crippen molar-refractivity contribution in [2.24, 2.45) is 5.73 Å². The smallest absolute Gasteiger partial charge is 0.241 e. The van der Waals surface area contributed by atoms with Crippen LogP contribution in [0.25, 0.3) is 0 Å². The zero-order valence-electron chi connectivity index (χ0n) is 11.4. The number of nitrogens with one attached hydrogen (secondary N) is 1. The Balaban J connectivity index is 2.62. The first-order valence-electron chi connectivity index (χ1n) is 6.57. The summed E-state index contributed by atoms with van der Waals surface area (Å²) >= 11 is 0. The van der Waals surface area contributed by atoms with Crippen LogP contribution < -0.4 is 15.8 Å². The van der Waals surface area contributed by atoms with Gasteiger partial charge < -0.3 is 15.8 Å². The number of anilines is 1. The van der Waals surface area contributed by atoms with Crippen LogP contribution >= 0.6 is 0 Å². The number of ether oxygens (including phenoxy) is 1. The van der Waals surface area contributed by atoms with Crippen molar-refractivity contribution in [3.63, 3.8) is 0 Å². The fourth-order valence-corrected chi connectivity index (χ4v) is 1.64. The number of unbranched alkanes of at least 4 members (excludes halogenated alkanes) is 1. The highest BCUT2D eigenvalue weighted by atomic mass is 19.1. The van der Waals surface area contributed by atoms with Gasteiger partial charge in [0.25, 0.3) is 0 Å². The first-order valence-corrected chi connectivity index (χ1v) is 6.57. The highest BCUT2D eigenvalue weighted by Gasteiger charge is 2.13. The van der Waals surface area contributed by atoms with Gasteiger partial charge in [-0.15, -0.1) is 0 Å². The number of hydrogen-bond donors (Lipinski definition) is 2. The Hall–Kier alpha value is -1.62. The second-order valence-corrected chi connectivity index (χ2v) is 4.32. The molecule has 3 N–H and O–H groups in total. The third kappa shape index (κ3) is 4.87. The zero-order chi connectivity index (χ0) is 14.3. The monoisotopic (exact) mass is 268 g/mol. The molecule has 0 aliphatic carbocycles. The summed E-state index contributed by atoms with van der Waals surface area (Å²) in [6, 6.07) is 3.76. The number of benzene rings is 1. The quantitative estimate of drug-likeness (QED) is 0.799. The number of carbonyl (C=O) groups excluding carboxylic acids is 1. The van der Waals surface area contributed by atoms with E-state index in [9.17, 15) is 9.18 Å². The van der Waals surface area contributed by atoms with Gasteiger partial charge in [0.1, 0.15) is 0 Å². The van der Waals surface area contributed by atoms with Gasteiger partial charge >= 0.3 is 0 Å². The molecule has 1 atom stereocenters. The molecule has 0 saturated carbocycles. The Morgan fingerprint density at radius 1 is 1.47 bits per heavy atom. The number of rotatable bonds is 7. The number of amides is 1. The van der Waals surface area contributed by atoms with Gasteiger partial charge in [-0.2, -0.15) is 0 Å². The average Bonchev–Trinajstić information content (AvgIpc) is 2.39. The minimum Gasteiger partial charge on any atom is -0.491 e. The van der Waals surface area contributed by atoms with E-state index in [0.29, 0.717) is 18.7 Å². The summed E-state index contributed by atoms with van der Waals surface area (Å²) in [6.45, 7) is 4.21. The van der Waals surface area contributed by atoms with Gasteiger partial charge in [0.05, 0.1) is 12.6 Å². The highest BCUT2D eigenvalue weighted by molar-refractivity contribution is 5.94. The molecule has 0 aromatic heterocycles. The van der Waals surface area contributed by atoms with Crippen molar-refractivity contribution in [3.8, 4) is 5.75 Å². The fraction of sp³-hybridized carbons (Fsp3) is 0.500. The van der Waals surface area contributed by atoms with Crippen molar-refractivity contribution >= 4 is 11.6 Å². The van der Waals surface area contributed by atoms with Crippen LogP contribution in [-0.2, 0) is 4.79 Å². The average molecular weight is 268 g/mol. The molecule has 1 aromatic carbocycles. The Bertz CT molecular complexity index is 424. The van der Waals surface area contributed by atoms with Crippen molar-refractivity contribution in [1.82, 2.24) is 0 Å². The van der Waals surface area contributed by atoms with Gasteiger partial charge in [0.15, 0.2) is 11.6 Å². The zero-order valence-corrected chi connectivity index (χ0v) is 11.4. The van der Waals surface area contributed by atoms with Crippen molar-refractivity contribution in [2.45, 2.75) is 39.2 Å². The molecule has 106 valence electrons. The minimum absolute atomic E-state index is 0.177. The molecule has 4 nitrogen and oxygen atoms in total. The molecule has 0 aliphatic rings. The molecular weight excluding hydrogens is 247 g/mol. The molecule has 1 rings (SSSR count). The van der Waals surface area contributed by atoms with E-state index in [0.717, 1.165) is 12.8 Å². The van der Waals surface area contributed by atoms with E-state index in [1.807, 2.05) is 6.92 Å². The second-order valence-electron chi connectivity index (χ2n) is 4.32. The summed E-state index contributed by atoms with van der Waals surface area (Å²) in [5.74, 6) is -0.616. The molecule has 0 aliphatic heterocycles. The van der Waals surface area contributed by atoms with E-state index in [-0.39, 0.29) is 11.7 Å². The predicted molar refractivity (Wildman–Crippen MR) is 73.7 cm³/mol. The Kier molecular flexibility index (Phi) is 6.29. The molecule has 0 spiro atoms. The molecule has 1 aromatic rings. The van der Waals surface area contributed by atoms with E-state index in [2.05, 4.69) is 5.32 Å². The fourth-order valence-electron chi connectivity index (χ4n) is 1.64. The SMILES string of the molecule is CCCC[C@H](N)C(=O)Nc1ccc(OCC)c(F)c1. The predicted octanol–water partition coefficient (Wildman–Crippen LogP) is 2.68. The maximum Gasteiger partial charge on any atom is 0.241 e. The van der Waals surface area contributed by atoms with Crippen LogP contribution in [-0.4, -0.2) is 18.6 Å². The van der Waals surface area contributed by atoms with Gasteiger partial charge in [-0.1, -0.05) is 19.8 Å². The number of nitrogens with two attached hydrogens (primary N) is 1. The lowest BCUT2D eigenvalue weighted by molar-refractivity contribution is -0.117. The molecule has 0 saturated heterocycles. The van der Waals surface area contributed by atoms with Crippen molar-refractivity contribution in [3.05, 3.63) is 24.0 Å². The number of hydrogen-bond acceptors (Lipinski definition) is 3. The summed E-state index contributed by atoms with van der Waals surface area (Å²) < 4.78 is 18.7. The third-order valence-corrected chi connectivity index (χ3v) is 2.70. The minimum atomic E-state index is -0.561. The van der Waals surface area contributed by atoms with Crippen LogP contribution in [0.1, 0.15) is 33.1 Å². The summed E-state index contributed by atoms with van der Waals surface area (Å²) in [4.78, 5) is 11.8. The van der Waals surface area contributed by atoms with Crippen LogP contribution in [0.5, 0.6) is 5.75 Å². The van der Waals surface area contributed by atoms with E-state index in [1.165, 1.54) is 12.1 Å². The van der Waals surface area contributed by atoms with Crippen LogP contribution in [0, 0.1) is 5.82 Å². The molecular formula is C14H21FN2O2. The summed E-state index contributed by atoms with van der Waals surface area (Å²) in [7, 11) is 0. The lowest BCUT2D eigenvalue weighted by Crippen LogP contribution is -2.35. The lowest BCUT2D eigenvalue weighted by Gasteiger charge is -2.12. The Morgan fingerprint density at radius 3 is 2.79 bits per heavy atom. The summed E-state index contributed by atoms with van der Waals surface area (Å²) in [5.41, 5.74) is 6.12. The largest absolute Gasteiger partial charge is 0.491 e. The lowest BCUT2D eigenvalue weighted by atomic mass is 10.1. The first kappa shape index (κ1) is 15.4. The second kappa shape index (κ2) is 7.74. The van der Waals surface area contributed by atoms with E-state index >= 15 is 0 Å². The molecule has 1 amide bonds. The topological polar surface area (TPSA) is 64.4 Å². The van der Waals surface area contributed by atoms with E-state index in [4.69, 9.17) is 10.5 Å². The maximum atomic E-state index is 13.6. The van der Waals surface area contributed by atoms with Gasteiger partial charge in [-0.25, -0.2) is 4.39 Å². The molecule has 0 heterocycles. The standard InChI is InChI=1S/C14H21FN2O2/c1-3-5-6-12(16)14(18)17-10-7-8-13(19-4-2)11(15)9-10/h7-9,12H,3-6,16H2,1-2H3,(H,17,18)/t12-/m0/s1. The van der Waals surface area contributed by atoms with Crippen molar-refractivity contribution < 1.29 is 13.9 Å².